The largest absolute Gasteiger partial charge is 0.310 e. The molecule has 270 valence electrons. The predicted molar refractivity (Wildman–Crippen MR) is 241 cm³/mol. The summed E-state index contributed by atoms with van der Waals surface area (Å²) in [5.41, 5.74) is 16.9. The average molecular weight is 729 g/mol. The summed E-state index contributed by atoms with van der Waals surface area (Å²) in [4.78, 5) is 2.50. The highest BCUT2D eigenvalue weighted by Crippen LogP contribution is 2.53. The van der Waals surface area contributed by atoms with Gasteiger partial charge >= 0.3 is 0 Å². The summed E-state index contributed by atoms with van der Waals surface area (Å²) in [6.07, 6.45) is 0. The second kappa shape index (κ2) is 13.0. The van der Waals surface area contributed by atoms with Crippen LogP contribution in [0.3, 0.4) is 0 Å². The quantitative estimate of drug-likeness (QED) is 0.165. The minimum absolute atomic E-state index is 0.142. The van der Waals surface area contributed by atoms with Crippen LogP contribution in [0.5, 0.6) is 0 Å². The number of hydrogen-bond donors (Lipinski definition) is 0. The molecule has 0 radical (unpaired) electrons. The molecule has 0 amide bonds. The molecule has 1 aromatic heterocycles. The molecule has 2 nitrogen and oxygen atoms in total. The smallest absolute Gasteiger partial charge is 0.0548 e. The third-order valence-electron chi connectivity index (χ3n) is 12.1. The summed E-state index contributed by atoms with van der Waals surface area (Å²) in [7, 11) is 0. The number of benzene rings is 9. The van der Waals surface area contributed by atoms with E-state index in [2.05, 4.69) is 230 Å². The first-order chi connectivity index (χ1) is 28.0. The number of anilines is 3. The maximum absolute atomic E-state index is 2.50. The number of rotatable bonds is 6. The van der Waals surface area contributed by atoms with Crippen molar-refractivity contribution < 1.29 is 0 Å². The van der Waals surface area contributed by atoms with E-state index < -0.39 is 0 Å². The van der Waals surface area contributed by atoms with Gasteiger partial charge in [0.05, 0.1) is 16.7 Å². The first kappa shape index (κ1) is 33.2. The van der Waals surface area contributed by atoms with Gasteiger partial charge in [0, 0.05) is 38.8 Å². The third kappa shape index (κ3) is 5.25. The molecule has 0 N–H and O–H groups in total. The number of hydrogen-bond acceptors (Lipinski definition) is 1. The predicted octanol–water partition coefficient (Wildman–Crippen LogP) is 15.0. The fourth-order valence-corrected chi connectivity index (χ4v) is 9.44. The van der Waals surface area contributed by atoms with Crippen molar-refractivity contribution in [3.05, 3.63) is 217 Å². The van der Waals surface area contributed by atoms with Crippen LogP contribution < -0.4 is 4.90 Å². The molecule has 1 aliphatic carbocycles. The number of nitrogens with zero attached hydrogens (tertiary/aromatic N) is 2. The van der Waals surface area contributed by atoms with Gasteiger partial charge in [0.1, 0.15) is 0 Å². The summed E-state index contributed by atoms with van der Waals surface area (Å²) in [5, 5.41) is 4.89. The fraction of sp³-hybridized carbons (Fsp3) is 0.0545. The Morgan fingerprint density at radius 3 is 1.93 bits per heavy atom. The molecular weight excluding hydrogens is 689 g/mol. The van der Waals surface area contributed by atoms with Gasteiger partial charge in [-0.15, -0.1) is 0 Å². The lowest BCUT2D eigenvalue weighted by atomic mass is 9.82. The Hall–Kier alpha value is -7.16. The lowest BCUT2D eigenvalue weighted by Gasteiger charge is -2.30. The summed E-state index contributed by atoms with van der Waals surface area (Å²) in [5.74, 6) is 0. The Morgan fingerprint density at radius 2 is 1.07 bits per heavy atom. The Kier molecular flexibility index (Phi) is 7.55. The Morgan fingerprint density at radius 1 is 0.421 bits per heavy atom. The van der Waals surface area contributed by atoms with Crippen LogP contribution in [-0.2, 0) is 5.41 Å². The van der Waals surface area contributed by atoms with Crippen LogP contribution >= 0.6 is 0 Å². The average Bonchev–Trinajstić information content (AvgIpc) is 3.72. The second-order valence-electron chi connectivity index (χ2n) is 15.8. The molecule has 57 heavy (non-hydrogen) atoms. The molecular formula is C55H40N2. The topological polar surface area (TPSA) is 8.17 Å². The maximum Gasteiger partial charge on any atom is 0.0548 e. The standard InChI is InChI=1S/C55H40N2/c1-55(2)48-26-13-11-24-45(48)46-31-30-44(36-49(46)55)56(43-29-28-38-18-9-10-19-40(38)35-43)51-32-33-52-54(47-25-12-14-27-50(47)57(52)42-22-7-4-8-23-42)53(51)41-21-15-20-39(34-41)37-16-5-3-6-17-37/h3-36H,1-2H3. The van der Waals surface area contributed by atoms with Crippen molar-refractivity contribution in [1.29, 1.82) is 0 Å². The summed E-state index contributed by atoms with van der Waals surface area (Å²) >= 11 is 0. The number of aromatic nitrogens is 1. The minimum atomic E-state index is -0.142. The Balaban J connectivity index is 1.25. The molecule has 1 aliphatic rings. The van der Waals surface area contributed by atoms with Crippen molar-refractivity contribution >= 4 is 49.6 Å². The van der Waals surface area contributed by atoms with E-state index in [1.807, 2.05) is 0 Å². The molecule has 0 aliphatic heterocycles. The van der Waals surface area contributed by atoms with Gasteiger partial charge < -0.3 is 9.47 Å². The van der Waals surface area contributed by atoms with Crippen LogP contribution in [0, 0.1) is 0 Å². The van der Waals surface area contributed by atoms with Crippen molar-refractivity contribution in [2.45, 2.75) is 19.3 Å². The zero-order valence-electron chi connectivity index (χ0n) is 32.0. The van der Waals surface area contributed by atoms with Crippen molar-refractivity contribution in [3.63, 3.8) is 0 Å². The number of fused-ring (bicyclic) bond motifs is 7. The first-order valence-corrected chi connectivity index (χ1v) is 19.9. The van der Waals surface area contributed by atoms with Crippen molar-refractivity contribution in [2.75, 3.05) is 4.90 Å². The zero-order valence-corrected chi connectivity index (χ0v) is 32.0. The van der Waals surface area contributed by atoms with E-state index in [1.165, 1.54) is 77.1 Å². The summed E-state index contributed by atoms with van der Waals surface area (Å²) < 4.78 is 2.43. The van der Waals surface area contributed by atoms with E-state index >= 15 is 0 Å². The van der Waals surface area contributed by atoms with Gasteiger partial charge in [-0.25, -0.2) is 0 Å². The molecule has 0 atom stereocenters. The van der Waals surface area contributed by atoms with Crippen LogP contribution in [-0.4, -0.2) is 4.57 Å². The molecule has 0 saturated carbocycles. The van der Waals surface area contributed by atoms with E-state index in [1.54, 1.807) is 0 Å². The lowest BCUT2D eigenvalue weighted by molar-refractivity contribution is 0.660. The van der Waals surface area contributed by atoms with Gasteiger partial charge in [0.25, 0.3) is 0 Å². The van der Waals surface area contributed by atoms with Crippen molar-refractivity contribution in [1.82, 2.24) is 4.57 Å². The molecule has 2 heteroatoms. The molecule has 0 unspecified atom stereocenters. The van der Waals surface area contributed by atoms with Crippen LogP contribution in [0.4, 0.5) is 17.1 Å². The molecule has 9 aromatic carbocycles. The lowest BCUT2D eigenvalue weighted by Crippen LogP contribution is -2.17. The molecule has 11 rings (SSSR count). The van der Waals surface area contributed by atoms with Gasteiger partial charge in [-0.2, -0.15) is 0 Å². The third-order valence-corrected chi connectivity index (χ3v) is 12.1. The number of para-hydroxylation sites is 2. The highest BCUT2D eigenvalue weighted by atomic mass is 15.1. The van der Waals surface area contributed by atoms with E-state index in [0.717, 1.165) is 22.7 Å². The highest BCUT2D eigenvalue weighted by Gasteiger charge is 2.36. The van der Waals surface area contributed by atoms with Gasteiger partial charge in [0.15, 0.2) is 0 Å². The van der Waals surface area contributed by atoms with Gasteiger partial charge in [-0.05, 0) is 110 Å². The molecule has 0 saturated heterocycles. The summed E-state index contributed by atoms with van der Waals surface area (Å²) in [6.45, 7) is 4.74. The molecule has 0 spiro atoms. The van der Waals surface area contributed by atoms with Crippen LogP contribution in [0.15, 0.2) is 206 Å². The molecule has 1 heterocycles. The SMILES string of the molecule is CC1(C)c2ccccc2-c2ccc(N(c3ccc4ccccc4c3)c3ccc4c(c3-c3cccc(-c5ccccc5)c3)c3ccccc3n4-c3ccccc3)cc21. The van der Waals surface area contributed by atoms with Gasteiger partial charge in [0.2, 0.25) is 0 Å². The van der Waals surface area contributed by atoms with Crippen molar-refractivity contribution in [2.24, 2.45) is 0 Å². The Labute approximate surface area is 333 Å². The first-order valence-electron chi connectivity index (χ1n) is 19.9. The normalized spacial score (nSPS) is 12.9. The maximum atomic E-state index is 2.50. The van der Waals surface area contributed by atoms with Crippen LogP contribution in [0.25, 0.3) is 71.6 Å². The van der Waals surface area contributed by atoms with E-state index in [4.69, 9.17) is 0 Å². The van der Waals surface area contributed by atoms with Gasteiger partial charge in [-0.3, -0.25) is 0 Å². The van der Waals surface area contributed by atoms with E-state index in [9.17, 15) is 0 Å². The van der Waals surface area contributed by atoms with Gasteiger partial charge in [-0.1, -0.05) is 159 Å². The monoisotopic (exact) mass is 728 g/mol. The van der Waals surface area contributed by atoms with Crippen molar-refractivity contribution in [3.8, 4) is 39.1 Å². The minimum Gasteiger partial charge on any atom is -0.310 e. The van der Waals surface area contributed by atoms with E-state index in [-0.39, 0.29) is 5.41 Å². The van der Waals surface area contributed by atoms with Crippen LogP contribution in [0.2, 0.25) is 0 Å². The van der Waals surface area contributed by atoms with E-state index in [0.29, 0.717) is 0 Å². The Bertz CT molecular complexity index is 3150. The zero-order chi connectivity index (χ0) is 38.1. The fourth-order valence-electron chi connectivity index (χ4n) is 9.44. The molecule has 10 aromatic rings. The molecule has 0 fully saturated rings. The second-order valence-corrected chi connectivity index (χ2v) is 15.8. The van der Waals surface area contributed by atoms with Crippen LogP contribution in [0.1, 0.15) is 25.0 Å². The summed E-state index contributed by atoms with van der Waals surface area (Å²) in [6, 6.07) is 75.8. The highest BCUT2D eigenvalue weighted by molar-refractivity contribution is 6.19. The molecule has 0 bridgehead atoms.